The molecular weight excluding hydrogens is 292 g/mol. The molecule has 0 bridgehead atoms. The number of aliphatic carboxylic acids is 1. The van der Waals surface area contributed by atoms with Crippen molar-refractivity contribution in [3.63, 3.8) is 0 Å². The molecule has 0 rings (SSSR count). The molecule has 4 heteroatoms. The van der Waals surface area contributed by atoms with Crippen molar-refractivity contribution < 1.29 is 20.1 Å². The van der Waals surface area contributed by atoms with Crippen LogP contribution in [0.15, 0.2) is 12.2 Å². The lowest BCUT2D eigenvalue weighted by Gasteiger charge is -2.13. The zero-order valence-electron chi connectivity index (χ0n) is 14.8. The highest BCUT2D eigenvalue weighted by Crippen LogP contribution is 2.14. The van der Waals surface area contributed by atoms with Gasteiger partial charge in [-0.2, -0.15) is 0 Å². The summed E-state index contributed by atoms with van der Waals surface area (Å²) >= 11 is 0. The van der Waals surface area contributed by atoms with E-state index in [0.29, 0.717) is 12.8 Å². The maximum Gasteiger partial charge on any atom is 0.303 e. The molecule has 0 aliphatic rings. The lowest BCUT2D eigenvalue weighted by atomic mass is 10.0. The van der Waals surface area contributed by atoms with Crippen LogP contribution in [0.5, 0.6) is 0 Å². The summed E-state index contributed by atoms with van der Waals surface area (Å²) in [6, 6.07) is 0. The lowest BCUT2D eigenvalue weighted by molar-refractivity contribution is -0.137. The number of rotatable bonds is 16. The van der Waals surface area contributed by atoms with E-state index < -0.39 is 5.97 Å². The van der Waals surface area contributed by atoms with E-state index in [1.165, 1.54) is 0 Å². The maximum absolute atomic E-state index is 10.4. The predicted octanol–water partition coefficient (Wildman–Crippen LogP) is 4.44. The van der Waals surface area contributed by atoms with Gasteiger partial charge in [-0.3, -0.25) is 4.79 Å². The topological polar surface area (TPSA) is 77.8 Å². The Hall–Kier alpha value is -0.870. The first-order valence-corrected chi connectivity index (χ1v) is 9.29. The van der Waals surface area contributed by atoms with Crippen molar-refractivity contribution in [1.82, 2.24) is 0 Å². The smallest absolute Gasteiger partial charge is 0.303 e. The molecule has 2 unspecified atom stereocenters. The van der Waals surface area contributed by atoms with Gasteiger partial charge in [0.1, 0.15) is 0 Å². The Balaban J connectivity index is 3.41. The van der Waals surface area contributed by atoms with Crippen LogP contribution in [0.4, 0.5) is 0 Å². The number of allylic oxidation sites excluding steroid dienone is 2. The van der Waals surface area contributed by atoms with Gasteiger partial charge in [0, 0.05) is 6.42 Å². The number of carboxylic acids is 1. The zero-order chi connectivity index (χ0) is 17.3. The number of unbranched alkanes of at least 4 members (excludes halogenated alkanes) is 5. The normalized spacial score (nSPS) is 14.2. The van der Waals surface area contributed by atoms with Gasteiger partial charge in [0.2, 0.25) is 0 Å². The largest absolute Gasteiger partial charge is 0.481 e. The van der Waals surface area contributed by atoms with E-state index in [0.717, 1.165) is 64.2 Å². The molecular formula is C19H36O4. The highest BCUT2D eigenvalue weighted by molar-refractivity contribution is 5.66. The molecule has 0 aromatic carbocycles. The van der Waals surface area contributed by atoms with E-state index in [1.807, 2.05) is 0 Å². The van der Waals surface area contributed by atoms with E-state index in [2.05, 4.69) is 19.1 Å². The first-order chi connectivity index (χ1) is 11.1. The van der Waals surface area contributed by atoms with Gasteiger partial charge in [-0.1, -0.05) is 51.2 Å². The van der Waals surface area contributed by atoms with E-state index in [4.69, 9.17) is 5.11 Å². The molecule has 136 valence electrons. The van der Waals surface area contributed by atoms with Crippen molar-refractivity contribution >= 4 is 5.97 Å². The number of hydrogen-bond acceptors (Lipinski definition) is 3. The van der Waals surface area contributed by atoms with Gasteiger partial charge >= 0.3 is 5.97 Å². The monoisotopic (exact) mass is 328 g/mol. The molecule has 4 nitrogen and oxygen atoms in total. The summed E-state index contributed by atoms with van der Waals surface area (Å²) in [5.41, 5.74) is 0. The molecule has 3 N–H and O–H groups in total. The molecule has 0 saturated heterocycles. The fraction of sp³-hybridized carbons (Fsp3) is 0.842. The van der Waals surface area contributed by atoms with Crippen LogP contribution >= 0.6 is 0 Å². The summed E-state index contributed by atoms with van der Waals surface area (Å²) < 4.78 is 0. The van der Waals surface area contributed by atoms with Gasteiger partial charge in [0.05, 0.1) is 12.2 Å². The van der Waals surface area contributed by atoms with Crippen LogP contribution in [-0.4, -0.2) is 33.5 Å². The van der Waals surface area contributed by atoms with Gasteiger partial charge < -0.3 is 15.3 Å². The molecule has 23 heavy (non-hydrogen) atoms. The van der Waals surface area contributed by atoms with Gasteiger partial charge in [-0.15, -0.1) is 0 Å². The number of hydrogen-bond donors (Lipinski definition) is 3. The van der Waals surface area contributed by atoms with Crippen molar-refractivity contribution in [3.8, 4) is 0 Å². The molecule has 0 aliphatic carbocycles. The quantitative estimate of drug-likeness (QED) is 0.289. The Morgan fingerprint density at radius 1 is 0.826 bits per heavy atom. The molecule has 0 amide bonds. The molecule has 2 atom stereocenters. The second-order valence-corrected chi connectivity index (χ2v) is 6.42. The first-order valence-electron chi connectivity index (χ1n) is 9.29. The fourth-order valence-corrected chi connectivity index (χ4v) is 2.55. The predicted molar refractivity (Wildman–Crippen MR) is 94.5 cm³/mol. The van der Waals surface area contributed by atoms with Crippen LogP contribution in [-0.2, 0) is 4.79 Å². The van der Waals surface area contributed by atoms with Crippen molar-refractivity contribution in [2.24, 2.45) is 0 Å². The summed E-state index contributed by atoms with van der Waals surface area (Å²) in [5.74, 6) is -0.722. The van der Waals surface area contributed by atoms with Gasteiger partial charge in [0.15, 0.2) is 0 Å². The fourth-order valence-electron chi connectivity index (χ4n) is 2.55. The summed E-state index contributed by atoms with van der Waals surface area (Å²) in [7, 11) is 0. The minimum absolute atomic E-state index is 0.258. The minimum Gasteiger partial charge on any atom is -0.481 e. The molecule has 0 spiro atoms. The molecule has 0 aliphatic heterocycles. The second-order valence-electron chi connectivity index (χ2n) is 6.42. The second kappa shape index (κ2) is 16.0. The SMILES string of the molecule is CCCC=CCCC(O)CCC(O)CCCCCCCC(=O)O. The van der Waals surface area contributed by atoms with Crippen LogP contribution in [0, 0.1) is 0 Å². The van der Waals surface area contributed by atoms with Crippen molar-refractivity contribution in [1.29, 1.82) is 0 Å². The van der Waals surface area contributed by atoms with Gasteiger partial charge in [0.25, 0.3) is 0 Å². The standard InChI is InChI=1S/C19H36O4/c1-2-3-4-6-9-12-17(20)15-16-18(21)13-10-7-5-8-11-14-19(22)23/h4,6,17-18,20-21H,2-3,5,7-16H2,1H3,(H,22,23). The number of carboxylic acid groups (broad SMARTS) is 1. The van der Waals surface area contributed by atoms with Crippen LogP contribution in [0.25, 0.3) is 0 Å². The van der Waals surface area contributed by atoms with E-state index in [1.54, 1.807) is 0 Å². The van der Waals surface area contributed by atoms with Crippen LogP contribution in [0.2, 0.25) is 0 Å². The minimum atomic E-state index is -0.722. The van der Waals surface area contributed by atoms with Crippen molar-refractivity contribution in [2.45, 2.75) is 103 Å². The van der Waals surface area contributed by atoms with Crippen molar-refractivity contribution in [2.75, 3.05) is 0 Å². The zero-order valence-corrected chi connectivity index (χ0v) is 14.8. The summed E-state index contributed by atoms with van der Waals surface area (Å²) in [5, 5.41) is 28.3. The molecule has 0 radical (unpaired) electrons. The summed E-state index contributed by atoms with van der Waals surface area (Å²) in [4.78, 5) is 10.4. The molecule has 0 saturated carbocycles. The lowest BCUT2D eigenvalue weighted by Crippen LogP contribution is -2.13. The summed E-state index contributed by atoms with van der Waals surface area (Å²) in [6.45, 7) is 2.15. The van der Waals surface area contributed by atoms with Crippen molar-refractivity contribution in [3.05, 3.63) is 12.2 Å². The average molecular weight is 328 g/mol. The number of aliphatic hydroxyl groups is 2. The van der Waals surface area contributed by atoms with E-state index >= 15 is 0 Å². The summed E-state index contributed by atoms with van der Waals surface area (Å²) in [6.07, 6.45) is 14.7. The highest BCUT2D eigenvalue weighted by atomic mass is 16.4. The number of aliphatic hydroxyl groups excluding tert-OH is 2. The Kier molecular flexibility index (Phi) is 15.4. The van der Waals surface area contributed by atoms with E-state index in [-0.39, 0.29) is 18.6 Å². The molecule has 0 aromatic heterocycles. The Bertz CT molecular complexity index is 302. The number of carbonyl (C=O) groups is 1. The van der Waals surface area contributed by atoms with Crippen LogP contribution in [0.1, 0.15) is 90.4 Å². The molecule has 0 aromatic rings. The average Bonchev–Trinajstić information content (AvgIpc) is 2.51. The third kappa shape index (κ3) is 17.3. The third-order valence-electron chi connectivity index (χ3n) is 4.05. The first kappa shape index (κ1) is 22.1. The van der Waals surface area contributed by atoms with Crippen LogP contribution < -0.4 is 0 Å². The third-order valence-corrected chi connectivity index (χ3v) is 4.05. The molecule has 0 heterocycles. The highest BCUT2D eigenvalue weighted by Gasteiger charge is 2.08. The van der Waals surface area contributed by atoms with Gasteiger partial charge in [-0.05, 0) is 44.9 Å². The van der Waals surface area contributed by atoms with Gasteiger partial charge in [-0.25, -0.2) is 0 Å². The maximum atomic E-state index is 10.4. The Labute approximate surface area is 141 Å². The Morgan fingerprint density at radius 3 is 2.04 bits per heavy atom. The molecule has 0 fully saturated rings. The Morgan fingerprint density at radius 2 is 1.39 bits per heavy atom. The van der Waals surface area contributed by atoms with E-state index in [9.17, 15) is 15.0 Å². The van der Waals surface area contributed by atoms with Crippen LogP contribution in [0.3, 0.4) is 0 Å².